The molecule has 1 heteroatoms. The summed E-state index contributed by atoms with van der Waals surface area (Å²) < 4.78 is 2.57. The molecule has 0 N–H and O–H groups in total. The second-order valence-electron chi connectivity index (χ2n) is 13.4. The topological polar surface area (TPSA) is 4.93 Å². The summed E-state index contributed by atoms with van der Waals surface area (Å²) in [6.45, 7) is 0. The maximum Gasteiger partial charge on any atom is 0.0544 e. The van der Waals surface area contributed by atoms with Crippen LogP contribution in [0, 0.1) is 23.7 Å². The molecule has 5 aromatic carbocycles. The van der Waals surface area contributed by atoms with Crippen LogP contribution in [0.3, 0.4) is 0 Å². The summed E-state index contributed by atoms with van der Waals surface area (Å²) in [5, 5.41) is 2.72. The number of hydrogen-bond acceptors (Lipinski definition) is 0. The van der Waals surface area contributed by atoms with Crippen molar-refractivity contribution in [2.24, 2.45) is 23.7 Å². The smallest absolute Gasteiger partial charge is 0.0544 e. The van der Waals surface area contributed by atoms with Crippen LogP contribution in [0.1, 0.15) is 43.2 Å². The summed E-state index contributed by atoms with van der Waals surface area (Å²) in [5.74, 6) is 3.45. The minimum absolute atomic E-state index is 0.174. The van der Waals surface area contributed by atoms with E-state index in [1.54, 1.807) is 11.1 Å². The second kappa shape index (κ2) is 8.01. The number of aromatic nitrogens is 1. The predicted molar refractivity (Wildman–Crippen MR) is 169 cm³/mol. The van der Waals surface area contributed by atoms with Crippen LogP contribution in [-0.2, 0) is 5.41 Å². The van der Waals surface area contributed by atoms with Gasteiger partial charge in [0.2, 0.25) is 0 Å². The molecule has 4 bridgehead atoms. The van der Waals surface area contributed by atoms with Crippen LogP contribution in [-0.4, -0.2) is 4.57 Å². The number of benzene rings is 5. The largest absolute Gasteiger partial charge is 0.309 e. The minimum Gasteiger partial charge on any atom is -0.309 e. The molecule has 1 nitrogen and oxygen atoms in total. The zero-order chi connectivity index (χ0) is 26.7. The average molecular weight is 528 g/mol. The summed E-state index contributed by atoms with van der Waals surface area (Å²) in [5.41, 5.74) is 12.9. The Morgan fingerprint density at radius 3 is 1.95 bits per heavy atom. The Bertz CT molecular complexity index is 1980. The van der Waals surface area contributed by atoms with Crippen molar-refractivity contribution in [3.63, 3.8) is 0 Å². The molecule has 5 aliphatic rings. The van der Waals surface area contributed by atoms with E-state index in [2.05, 4.69) is 120 Å². The molecule has 198 valence electrons. The van der Waals surface area contributed by atoms with Gasteiger partial charge in [-0.2, -0.15) is 0 Å². The van der Waals surface area contributed by atoms with Gasteiger partial charge in [0.25, 0.3) is 0 Å². The lowest BCUT2D eigenvalue weighted by Gasteiger charge is -2.61. The van der Waals surface area contributed by atoms with E-state index in [9.17, 15) is 0 Å². The van der Waals surface area contributed by atoms with Crippen molar-refractivity contribution in [3.8, 4) is 27.9 Å². The summed E-state index contributed by atoms with van der Waals surface area (Å²) in [6.07, 6.45) is 7.15. The molecule has 4 saturated carbocycles. The van der Waals surface area contributed by atoms with Crippen LogP contribution in [0.5, 0.6) is 0 Å². The van der Waals surface area contributed by atoms with E-state index in [0.29, 0.717) is 0 Å². The molecule has 41 heavy (non-hydrogen) atoms. The fourth-order valence-electron chi connectivity index (χ4n) is 10.4. The van der Waals surface area contributed by atoms with E-state index in [1.807, 2.05) is 0 Å². The molecule has 0 aliphatic heterocycles. The van der Waals surface area contributed by atoms with Gasteiger partial charge in [0.15, 0.2) is 0 Å². The van der Waals surface area contributed by atoms with Gasteiger partial charge in [0.05, 0.1) is 16.7 Å². The van der Waals surface area contributed by atoms with E-state index in [-0.39, 0.29) is 5.41 Å². The Morgan fingerprint density at radius 1 is 0.488 bits per heavy atom. The van der Waals surface area contributed by atoms with E-state index in [1.165, 1.54) is 81.9 Å². The Kier molecular flexibility index (Phi) is 4.41. The lowest BCUT2D eigenvalue weighted by molar-refractivity contribution is -0.0399. The van der Waals surface area contributed by atoms with Crippen molar-refractivity contribution < 1.29 is 0 Å². The summed E-state index contributed by atoms with van der Waals surface area (Å²) in [4.78, 5) is 0. The van der Waals surface area contributed by atoms with E-state index < -0.39 is 0 Å². The van der Waals surface area contributed by atoms with E-state index in [4.69, 9.17) is 0 Å². The Hall–Kier alpha value is -4.10. The predicted octanol–water partition coefficient (Wildman–Crippen LogP) is 10.2. The van der Waals surface area contributed by atoms with Gasteiger partial charge in [0.1, 0.15) is 0 Å². The van der Waals surface area contributed by atoms with Crippen LogP contribution in [0.4, 0.5) is 0 Å². The molecule has 0 radical (unpaired) electrons. The van der Waals surface area contributed by atoms with Crippen molar-refractivity contribution in [2.45, 2.75) is 37.5 Å². The molecule has 4 fully saturated rings. The first-order valence-electron chi connectivity index (χ1n) is 15.6. The zero-order valence-corrected chi connectivity index (χ0v) is 23.3. The normalized spacial score (nSPS) is 27.1. The number of fused-ring (bicyclic) bond motifs is 6. The third-order valence-corrected chi connectivity index (χ3v) is 11.6. The first-order chi connectivity index (χ1) is 20.3. The van der Waals surface area contributed by atoms with Crippen molar-refractivity contribution in [1.29, 1.82) is 0 Å². The highest BCUT2D eigenvalue weighted by Gasteiger charge is 2.61. The molecule has 11 rings (SSSR count). The molecule has 6 aromatic rings. The molecule has 5 aliphatic carbocycles. The molecule has 0 unspecified atom stereocenters. The van der Waals surface area contributed by atoms with Gasteiger partial charge in [-0.25, -0.2) is 0 Å². The van der Waals surface area contributed by atoms with Crippen molar-refractivity contribution in [2.75, 3.05) is 0 Å². The fraction of sp³-hybridized carbons (Fsp3) is 0.250. The lowest BCUT2D eigenvalue weighted by atomic mass is 9.43. The Morgan fingerprint density at radius 2 is 1.15 bits per heavy atom. The fourth-order valence-corrected chi connectivity index (χ4v) is 10.4. The molecule has 0 saturated heterocycles. The molecular formula is C40H33N. The van der Waals surface area contributed by atoms with Crippen molar-refractivity contribution in [1.82, 2.24) is 4.57 Å². The van der Waals surface area contributed by atoms with Crippen LogP contribution < -0.4 is 0 Å². The number of para-hydroxylation sites is 2. The Balaban J connectivity index is 1.31. The first-order valence-corrected chi connectivity index (χ1v) is 15.6. The van der Waals surface area contributed by atoms with Crippen molar-refractivity contribution in [3.05, 3.63) is 126 Å². The summed E-state index contributed by atoms with van der Waals surface area (Å²) in [6, 6.07) is 43.6. The maximum absolute atomic E-state index is 2.66. The number of rotatable bonds is 2. The van der Waals surface area contributed by atoms with Crippen LogP contribution in [0.15, 0.2) is 115 Å². The van der Waals surface area contributed by atoms with Gasteiger partial charge in [-0.3, -0.25) is 0 Å². The third-order valence-electron chi connectivity index (χ3n) is 11.6. The number of nitrogens with zero attached hydrogens (tertiary/aromatic N) is 1. The molecule has 1 spiro atoms. The highest BCUT2D eigenvalue weighted by Crippen LogP contribution is 2.69. The second-order valence-corrected chi connectivity index (χ2v) is 13.4. The van der Waals surface area contributed by atoms with Crippen LogP contribution >= 0.6 is 0 Å². The summed E-state index contributed by atoms with van der Waals surface area (Å²) >= 11 is 0. The van der Waals surface area contributed by atoms with Gasteiger partial charge in [-0.05, 0) is 108 Å². The molecule has 1 heterocycles. The molecule has 0 amide bonds. The average Bonchev–Trinajstić information content (AvgIpc) is 3.49. The quantitative estimate of drug-likeness (QED) is 0.211. The highest BCUT2D eigenvalue weighted by atomic mass is 15.0. The Labute approximate surface area is 241 Å². The highest BCUT2D eigenvalue weighted by molar-refractivity contribution is 6.12. The van der Waals surface area contributed by atoms with Crippen LogP contribution in [0.25, 0.3) is 49.7 Å². The first kappa shape index (κ1) is 22.6. The van der Waals surface area contributed by atoms with Gasteiger partial charge < -0.3 is 4.57 Å². The van der Waals surface area contributed by atoms with Gasteiger partial charge in [-0.1, -0.05) is 91.0 Å². The standard InChI is InChI=1S/C40H33N/c1-2-10-27(11-3-1)30-12-5-8-16-37(30)41-38-17-9-6-14-32(38)34-23-33-31-13-4-7-15-35(31)40(36(33)24-39(34)41)28-19-25-18-26(21-28)22-29(40)20-25/h1-17,23-26,28-29H,18-22H2. The SMILES string of the molecule is c1ccc(-c2ccccc2-n2c3ccccc3c3cc4c(cc32)C2(c3ccccc3-4)C3CC4CC(C3)CC2C4)cc1. The lowest BCUT2D eigenvalue weighted by Crippen LogP contribution is -2.55. The van der Waals surface area contributed by atoms with Gasteiger partial charge >= 0.3 is 0 Å². The monoisotopic (exact) mass is 527 g/mol. The van der Waals surface area contributed by atoms with Crippen LogP contribution in [0.2, 0.25) is 0 Å². The molecule has 1 aromatic heterocycles. The third kappa shape index (κ3) is 2.82. The maximum atomic E-state index is 2.66. The van der Waals surface area contributed by atoms with Gasteiger partial charge in [0, 0.05) is 21.8 Å². The molecular weight excluding hydrogens is 494 g/mol. The van der Waals surface area contributed by atoms with E-state index >= 15 is 0 Å². The minimum atomic E-state index is 0.174. The number of hydrogen-bond donors (Lipinski definition) is 0. The van der Waals surface area contributed by atoms with Crippen molar-refractivity contribution >= 4 is 21.8 Å². The molecule has 0 atom stereocenters. The van der Waals surface area contributed by atoms with E-state index in [0.717, 1.165) is 23.7 Å². The zero-order valence-electron chi connectivity index (χ0n) is 23.3. The summed E-state index contributed by atoms with van der Waals surface area (Å²) in [7, 11) is 0. The van der Waals surface area contributed by atoms with Gasteiger partial charge in [-0.15, -0.1) is 0 Å².